The molecule has 0 spiro atoms. The molecule has 5 heteroatoms. The Morgan fingerprint density at radius 3 is 2.74 bits per heavy atom. The summed E-state index contributed by atoms with van der Waals surface area (Å²) in [5.74, 6) is 0. The first-order valence-electron chi connectivity index (χ1n) is 7.49. The molecule has 23 heavy (non-hydrogen) atoms. The van der Waals surface area contributed by atoms with Gasteiger partial charge in [-0.2, -0.15) is 5.26 Å². The summed E-state index contributed by atoms with van der Waals surface area (Å²) >= 11 is 12.2. The molecule has 1 aliphatic rings. The molecule has 0 amide bonds. The van der Waals surface area contributed by atoms with Gasteiger partial charge in [-0.15, -0.1) is 0 Å². The third-order valence-corrected chi connectivity index (χ3v) is 4.73. The van der Waals surface area contributed by atoms with E-state index in [-0.39, 0.29) is 12.3 Å². The summed E-state index contributed by atoms with van der Waals surface area (Å²) in [5, 5.41) is 10.2. The normalized spacial score (nSPS) is 20.5. The average molecular weight is 347 g/mol. The van der Waals surface area contributed by atoms with E-state index in [1.807, 2.05) is 30.3 Å². The summed E-state index contributed by atoms with van der Waals surface area (Å²) in [4.78, 5) is 2.16. The molecule has 3 nitrogen and oxygen atoms in total. The molecule has 0 saturated carbocycles. The molecule has 0 aliphatic carbocycles. The van der Waals surface area contributed by atoms with Crippen molar-refractivity contribution in [3.63, 3.8) is 0 Å². The van der Waals surface area contributed by atoms with Crippen LogP contribution < -0.4 is 4.90 Å². The van der Waals surface area contributed by atoms with Crippen molar-refractivity contribution >= 4 is 28.9 Å². The monoisotopic (exact) mass is 346 g/mol. The predicted octanol–water partition coefficient (Wildman–Crippen LogP) is 5.18. The molecule has 0 radical (unpaired) electrons. The Bertz CT molecular complexity index is 757. The van der Waals surface area contributed by atoms with Crippen LogP contribution >= 0.6 is 23.2 Å². The van der Waals surface area contributed by atoms with E-state index in [1.54, 1.807) is 12.1 Å². The first-order chi connectivity index (χ1) is 11.1. The van der Waals surface area contributed by atoms with E-state index < -0.39 is 0 Å². The minimum Gasteiger partial charge on any atom is -0.349 e. The summed E-state index contributed by atoms with van der Waals surface area (Å²) in [6.07, 6.45) is 0.831. The smallest absolute Gasteiger partial charge is 0.157 e. The standard InChI is InChI=1S/C18H16Cl2N2O/c1-2-15-11-22(14-6-7-16(19)17(20)9-14)18(23-15)13-5-3-4-12(8-13)10-21/h3-9,15,18H,2,11H2,1H3. The van der Waals surface area contributed by atoms with Gasteiger partial charge in [0.15, 0.2) is 6.23 Å². The number of nitrogens with zero attached hydrogens (tertiary/aromatic N) is 2. The van der Waals surface area contributed by atoms with Gasteiger partial charge in [-0.25, -0.2) is 0 Å². The maximum absolute atomic E-state index is 9.12. The molecule has 1 heterocycles. The molecule has 2 atom stereocenters. The van der Waals surface area contributed by atoms with E-state index >= 15 is 0 Å². The zero-order valence-electron chi connectivity index (χ0n) is 12.7. The minimum atomic E-state index is -0.231. The van der Waals surface area contributed by atoms with Crippen LogP contribution in [0.1, 0.15) is 30.7 Å². The summed E-state index contributed by atoms with van der Waals surface area (Å²) in [7, 11) is 0. The number of rotatable bonds is 3. The molecular formula is C18H16Cl2N2O. The number of anilines is 1. The van der Waals surface area contributed by atoms with Gasteiger partial charge < -0.3 is 9.64 Å². The molecule has 0 aromatic heterocycles. The zero-order chi connectivity index (χ0) is 16.4. The van der Waals surface area contributed by atoms with Crippen molar-refractivity contribution in [3.8, 4) is 6.07 Å². The second kappa shape index (κ2) is 6.80. The number of hydrogen-bond acceptors (Lipinski definition) is 3. The lowest BCUT2D eigenvalue weighted by atomic mass is 10.1. The molecule has 2 aromatic rings. The van der Waals surface area contributed by atoms with Gasteiger partial charge in [-0.1, -0.05) is 42.3 Å². The van der Waals surface area contributed by atoms with Crippen LogP contribution in [-0.2, 0) is 4.74 Å². The highest BCUT2D eigenvalue weighted by molar-refractivity contribution is 6.42. The molecule has 2 aromatic carbocycles. The van der Waals surface area contributed by atoms with Gasteiger partial charge in [0.05, 0.1) is 27.8 Å². The van der Waals surface area contributed by atoms with Crippen molar-refractivity contribution in [2.24, 2.45) is 0 Å². The van der Waals surface area contributed by atoms with E-state index in [9.17, 15) is 0 Å². The molecular weight excluding hydrogens is 331 g/mol. The van der Waals surface area contributed by atoms with Gasteiger partial charge >= 0.3 is 0 Å². The lowest BCUT2D eigenvalue weighted by molar-refractivity contribution is 0.0463. The van der Waals surface area contributed by atoms with Gasteiger partial charge in [0, 0.05) is 17.8 Å². The molecule has 2 unspecified atom stereocenters. The van der Waals surface area contributed by atoms with E-state index in [0.717, 1.165) is 24.2 Å². The fourth-order valence-corrected chi connectivity index (χ4v) is 3.06. The Morgan fingerprint density at radius 1 is 1.22 bits per heavy atom. The molecule has 1 fully saturated rings. The Morgan fingerprint density at radius 2 is 2.04 bits per heavy atom. The summed E-state index contributed by atoms with van der Waals surface area (Å²) in [6, 6.07) is 15.3. The van der Waals surface area contributed by atoms with E-state index in [4.69, 9.17) is 33.2 Å². The third-order valence-electron chi connectivity index (χ3n) is 4.00. The topological polar surface area (TPSA) is 36.3 Å². The lowest BCUT2D eigenvalue weighted by Gasteiger charge is -2.25. The highest BCUT2D eigenvalue weighted by atomic mass is 35.5. The van der Waals surface area contributed by atoms with Crippen LogP contribution in [0, 0.1) is 11.3 Å². The van der Waals surface area contributed by atoms with Gasteiger partial charge in [0.1, 0.15) is 0 Å². The van der Waals surface area contributed by atoms with Crippen LogP contribution in [0.2, 0.25) is 10.0 Å². The quantitative estimate of drug-likeness (QED) is 0.768. The van der Waals surface area contributed by atoms with Gasteiger partial charge in [0.2, 0.25) is 0 Å². The van der Waals surface area contributed by atoms with Crippen LogP contribution in [0.5, 0.6) is 0 Å². The van der Waals surface area contributed by atoms with Crippen molar-refractivity contribution in [2.45, 2.75) is 25.7 Å². The lowest BCUT2D eigenvalue weighted by Crippen LogP contribution is -2.24. The predicted molar refractivity (Wildman–Crippen MR) is 92.9 cm³/mol. The number of ether oxygens (including phenoxy) is 1. The van der Waals surface area contributed by atoms with Gasteiger partial charge in [-0.05, 0) is 36.8 Å². The highest BCUT2D eigenvalue weighted by Crippen LogP contribution is 2.38. The van der Waals surface area contributed by atoms with Crippen molar-refractivity contribution in [2.75, 3.05) is 11.4 Å². The first-order valence-corrected chi connectivity index (χ1v) is 8.25. The molecule has 1 aliphatic heterocycles. The second-order valence-electron chi connectivity index (χ2n) is 5.51. The fourth-order valence-electron chi connectivity index (χ4n) is 2.76. The number of nitriles is 1. The van der Waals surface area contributed by atoms with E-state index in [1.165, 1.54) is 0 Å². The van der Waals surface area contributed by atoms with Crippen LogP contribution in [0.15, 0.2) is 42.5 Å². The second-order valence-corrected chi connectivity index (χ2v) is 6.32. The SMILES string of the molecule is CCC1CN(c2ccc(Cl)c(Cl)c2)C(c2cccc(C#N)c2)O1. The van der Waals surface area contributed by atoms with Crippen molar-refractivity contribution in [1.82, 2.24) is 0 Å². The average Bonchev–Trinajstić information content (AvgIpc) is 3.02. The van der Waals surface area contributed by atoms with Crippen molar-refractivity contribution in [3.05, 3.63) is 63.6 Å². The number of benzene rings is 2. The van der Waals surface area contributed by atoms with E-state index in [2.05, 4.69) is 17.9 Å². The number of halogens is 2. The maximum atomic E-state index is 9.12. The molecule has 1 saturated heterocycles. The van der Waals surface area contributed by atoms with Gasteiger partial charge in [-0.3, -0.25) is 0 Å². The first kappa shape index (κ1) is 16.1. The summed E-state index contributed by atoms with van der Waals surface area (Å²) in [5.41, 5.74) is 2.55. The molecule has 0 bridgehead atoms. The minimum absolute atomic E-state index is 0.139. The largest absolute Gasteiger partial charge is 0.349 e. The van der Waals surface area contributed by atoms with Crippen LogP contribution in [0.25, 0.3) is 0 Å². The van der Waals surface area contributed by atoms with Crippen LogP contribution in [-0.4, -0.2) is 12.6 Å². The van der Waals surface area contributed by atoms with Crippen LogP contribution in [0.3, 0.4) is 0 Å². The fraction of sp³-hybridized carbons (Fsp3) is 0.278. The Hall–Kier alpha value is -1.73. The van der Waals surface area contributed by atoms with Gasteiger partial charge in [0.25, 0.3) is 0 Å². The van der Waals surface area contributed by atoms with Crippen molar-refractivity contribution < 1.29 is 4.74 Å². The maximum Gasteiger partial charge on any atom is 0.157 e. The Kier molecular flexibility index (Phi) is 4.77. The third kappa shape index (κ3) is 3.30. The summed E-state index contributed by atoms with van der Waals surface area (Å²) < 4.78 is 6.17. The molecule has 0 N–H and O–H groups in total. The molecule has 3 rings (SSSR count). The van der Waals surface area contributed by atoms with Crippen LogP contribution in [0.4, 0.5) is 5.69 Å². The summed E-state index contributed by atoms with van der Waals surface area (Å²) in [6.45, 7) is 2.88. The Balaban J connectivity index is 1.98. The Labute approximate surface area is 146 Å². The van der Waals surface area contributed by atoms with E-state index in [0.29, 0.717) is 15.6 Å². The highest BCUT2D eigenvalue weighted by Gasteiger charge is 2.33. The zero-order valence-corrected chi connectivity index (χ0v) is 14.2. The molecule has 118 valence electrons. The number of hydrogen-bond donors (Lipinski definition) is 0. The van der Waals surface area contributed by atoms with Crippen molar-refractivity contribution in [1.29, 1.82) is 5.26 Å².